The average Bonchev–Trinajstić information content (AvgIpc) is 2.76. The molecule has 0 spiro atoms. The molecule has 1 aromatic heterocycles. The van der Waals surface area contributed by atoms with Crippen molar-refractivity contribution in [3.63, 3.8) is 0 Å². The van der Waals surface area contributed by atoms with Crippen LogP contribution in [0.1, 0.15) is 25.0 Å². The minimum atomic E-state index is -0.0307. The van der Waals surface area contributed by atoms with Crippen LogP contribution in [0.4, 0.5) is 5.82 Å². The van der Waals surface area contributed by atoms with E-state index in [1.54, 1.807) is 12.4 Å². The maximum absolute atomic E-state index is 7.34. The van der Waals surface area contributed by atoms with E-state index in [1.807, 2.05) is 0 Å². The molecule has 1 aromatic rings. The first-order valence-electron chi connectivity index (χ1n) is 6.89. The minimum Gasteiger partial charge on any atom is -0.382 e. The molecule has 19 heavy (non-hydrogen) atoms. The molecule has 3 heterocycles. The molecule has 0 aliphatic carbocycles. The lowest BCUT2D eigenvalue weighted by Crippen LogP contribution is -2.37. The van der Waals surface area contributed by atoms with Gasteiger partial charge in [-0.05, 0) is 25.8 Å². The number of aromatic nitrogens is 2. The third-order valence-corrected chi connectivity index (χ3v) is 4.04. The van der Waals surface area contributed by atoms with Crippen LogP contribution in [0.3, 0.4) is 0 Å². The first-order valence-corrected chi connectivity index (χ1v) is 6.89. The lowest BCUT2D eigenvalue weighted by atomic mass is 10.2. The van der Waals surface area contributed by atoms with Gasteiger partial charge in [0.1, 0.15) is 17.3 Å². The summed E-state index contributed by atoms with van der Waals surface area (Å²) in [4.78, 5) is 13.5. The van der Waals surface area contributed by atoms with E-state index in [0.29, 0.717) is 11.7 Å². The van der Waals surface area contributed by atoms with Crippen LogP contribution in [0.15, 0.2) is 12.4 Å². The summed E-state index contributed by atoms with van der Waals surface area (Å²) in [6, 6.07) is 0.664. The van der Waals surface area contributed by atoms with Crippen LogP contribution < -0.4 is 10.6 Å². The molecule has 2 aliphatic heterocycles. The number of nitrogens with zero attached hydrogens (tertiary/aromatic N) is 4. The van der Waals surface area contributed by atoms with Gasteiger partial charge in [0.2, 0.25) is 0 Å². The molecule has 2 saturated heterocycles. The molecule has 1 atom stereocenters. The summed E-state index contributed by atoms with van der Waals surface area (Å²) in [5.41, 5.74) is 5.84. The number of nitrogens with two attached hydrogens (primary N) is 1. The Morgan fingerprint density at radius 1 is 1.21 bits per heavy atom. The van der Waals surface area contributed by atoms with Crippen LogP contribution in [-0.4, -0.2) is 52.9 Å². The van der Waals surface area contributed by atoms with Crippen molar-refractivity contribution >= 4 is 11.7 Å². The van der Waals surface area contributed by atoms with Crippen molar-refractivity contribution in [2.75, 3.05) is 31.1 Å². The van der Waals surface area contributed by atoms with E-state index < -0.39 is 0 Å². The molecule has 6 nitrogen and oxygen atoms in total. The maximum Gasteiger partial charge on any atom is 0.147 e. The van der Waals surface area contributed by atoms with Gasteiger partial charge in [-0.3, -0.25) is 10.3 Å². The normalized spacial score (nSPS) is 24.0. The van der Waals surface area contributed by atoms with Gasteiger partial charge in [0, 0.05) is 25.7 Å². The first-order chi connectivity index (χ1) is 9.24. The van der Waals surface area contributed by atoms with Crippen molar-refractivity contribution in [3.8, 4) is 0 Å². The van der Waals surface area contributed by atoms with E-state index in [-0.39, 0.29) is 5.84 Å². The summed E-state index contributed by atoms with van der Waals surface area (Å²) in [6.07, 6.45) is 7.10. The fourth-order valence-corrected chi connectivity index (χ4v) is 3.04. The second kappa shape index (κ2) is 5.13. The van der Waals surface area contributed by atoms with E-state index in [2.05, 4.69) is 19.8 Å². The van der Waals surface area contributed by atoms with Gasteiger partial charge < -0.3 is 10.6 Å². The van der Waals surface area contributed by atoms with Crippen LogP contribution in [-0.2, 0) is 0 Å². The molecule has 2 fully saturated rings. The van der Waals surface area contributed by atoms with Gasteiger partial charge in [-0.15, -0.1) is 0 Å². The predicted molar refractivity (Wildman–Crippen MR) is 74.5 cm³/mol. The zero-order valence-corrected chi connectivity index (χ0v) is 11.0. The Kier molecular flexibility index (Phi) is 3.33. The van der Waals surface area contributed by atoms with Gasteiger partial charge >= 0.3 is 0 Å². The largest absolute Gasteiger partial charge is 0.382 e. The average molecular weight is 260 g/mol. The molecule has 0 radical (unpaired) electrons. The molecule has 3 rings (SSSR count). The Morgan fingerprint density at radius 3 is 2.79 bits per heavy atom. The summed E-state index contributed by atoms with van der Waals surface area (Å²) in [5, 5.41) is 7.34. The molecule has 0 amide bonds. The Bertz CT molecular complexity index is 457. The Labute approximate surface area is 113 Å². The zero-order chi connectivity index (χ0) is 13.2. The molecule has 6 heteroatoms. The summed E-state index contributed by atoms with van der Waals surface area (Å²) in [7, 11) is 0. The number of nitrogen functional groups attached to an aromatic ring is 1. The number of nitrogens with one attached hydrogen (secondary N) is 1. The highest BCUT2D eigenvalue weighted by Gasteiger charge is 2.29. The molecule has 0 aromatic carbocycles. The van der Waals surface area contributed by atoms with Crippen LogP contribution >= 0.6 is 0 Å². The number of hydrogen-bond donors (Lipinski definition) is 2. The number of rotatable bonds is 2. The van der Waals surface area contributed by atoms with E-state index in [0.717, 1.165) is 18.9 Å². The van der Waals surface area contributed by atoms with E-state index in [4.69, 9.17) is 11.1 Å². The topological polar surface area (TPSA) is 82.1 Å². The summed E-state index contributed by atoms with van der Waals surface area (Å²) in [6.45, 7) is 4.50. The maximum atomic E-state index is 7.34. The van der Waals surface area contributed by atoms with Crippen molar-refractivity contribution in [2.24, 2.45) is 5.73 Å². The van der Waals surface area contributed by atoms with E-state index in [9.17, 15) is 0 Å². The first kappa shape index (κ1) is 12.3. The Balaban J connectivity index is 1.75. The van der Waals surface area contributed by atoms with Crippen LogP contribution in [0.5, 0.6) is 0 Å². The number of hydrogen-bond acceptors (Lipinski definition) is 5. The Morgan fingerprint density at radius 2 is 2.05 bits per heavy atom. The number of fused-ring (bicyclic) bond motifs is 1. The number of anilines is 1. The third kappa shape index (κ3) is 2.53. The molecule has 0 saturated carbocycles. The molecular formula is C13H20N6. The van der Waals surface area contributed by atoms with Gasteiger partial charge in [-0.2, -0.15) is 0 Å². The molecule has 2 aliphatic rings. The van der Waals surface area contributed by atoms with Crippen molar-refractivity contribution in [1.82, 2.24) is 14.9 Å². The van der Waals surface area contributed by atoms with Gasteiger partial charge in [0.05, 0.1) is 12.4 Å². The lowest BCUT2D eigenvalue weighted by Gasteiger charge is -2.26. The molecule has 1 unspecified atom stereocenters. The van der Waals surface area contributed by atoms with Gasteiger partial charge in [0.15, 0.2) is 0 Å². The number of amidine groups is 1. The second-order valence-electron chi connectivity index (χ2n) is 5.31. The molecule has 102 valence electrons. The quantitative estimate of drug-likeness (QED) is 0.595. The van der Waals surface area contributed by atoms with Crippen LogP contribution in [0.25, 0.3) is 0 Å². The highest BCUT2D eigenvalue weighted by atomic mass is 15.3. The second-order valence-corrected chi connectivity index (χ2v) is 5.31. The fourth-order valence-electron chi connectivity index (χ4n) is 3.04. The SMILES string of the molecule is N=C(N)c1cnc(N2CCCN3CCCC3C2)cn1. The Hall–Kier alpha value is -1.69. The van der Waals surface area contributed by atoms with E-state index >= 15 is 0 Å². The molecular weight excluding hydrogens is 240 g/mol. The summed E-state index contributed by atoms with van der Waals surface area (Å²) >= 11 is 0. The van der Waals surface area contributed by atoms with Crippen molar-refractivity contribution in [3.05, 3.63) is 18.1 Å². The summed E-state index contributed by atoms with van der Waals surface area (Å²) in [5.74, 6) is 0.871. The standard InChI is InChI=1S/C13H20N6/c14-13(15)11-7-17-12(8-16-11)19-6-2-5-18-4-1-3-10(18)9-19/h7-8,10H,1-6,9H2,(H3,14,15). The van der Waals surface area contributed by atoms with Crippen molar-refractivity contribution in [2.45, 2.75) is 25.3 Å². The zero-order valence-electron chi connectivity index (χ0n) is 11.0. The highest BCUT2D eigenvalue weighted by Crippen LogP contribution is 2.23. The van der Waals surface area contributed by atoms with Crippen LogP contribution in [0, 0.1) is 5.41 Å². The predicted octanol–water partition coefficient (Wildman–Crippen LogP) is 0.435. The van der Waals surface area contributed by atoms with Gasteiger partial charge in [0.25, 0.3) is 0 Å². The van der Waals surface area contributed by atoms with Crippen molar-refractivity contribution < 1.29 is 0 Å². The smallest absolute Gasteiger partial charge is 0.147 e. The van der Waals surface area contributed by atoms with E-state index in [1.165, 1.54) is 32.4 Å². The molecule has 3 N–H and O–H groups in total. The summed E-state index contributed by atoms with van der Waals surface area (Å²) < 4.78 is 0. The highest BCUT2D eigenvalue weighted by molar-refractivity contribution is 5.92. The minimum absolute atomic E-state index is 0.0307. The van der Waals surface area contributed by atoms with Crippen LogP contribution in [0.2, 0.25) is 0 Å². The van der Waals surface area contributed by atoms with Gasteiger partial charge in [-0.1, -0.05) is 0 Å². The monoisotopic (exact) mass is 260 g/mol. The van der Waals surface area contributed by atoms with Gasteiger partial charge in [-0.25, -0.2) is 9.97 Å². The fraction of sp³-hybridized carbons (Fsp3) is 0.615. The lowest BCUT2D eigenvalue weighted by molar-refractivity contribution is 0.273. The third-order valence-electron chi connectivity index (χ3n) is 4.04. The van der Waals surface area contributed by atoms with Crippen molar-refractivity contribution in [1.29, 1.82) is 5.41 Å². The molecule has 0 bridgehead atoms.